The van der Waals surface area contributed by atoms with Gasteiger partial charge in [-0.3, -0.25) is 4.79 Å². The molecule has 0 saturated carbocycles. The Bertz CT molecular complexity index is 1430. The highest BCUT2D eigenvalue weighted by Gasteiger charge is 2.38. The number of nitrogens with one attached hydrogen (secondary N) is 3. The fourth-order valence-corrected chi connectivity index (χ4v) is 6.60. The maximum Gasteiger partial charge on any atom is 0.416 e. The van der Waals surface area contributed by atoms with Crippen molar-refractivity contribution >= 4 is 15.7 Å². The molecule has 3 N–H and O–H groups in total. The third-order valence-corrected chi connectivity index (χ3v) is 9.17. The Morgan fingerprint density at radius 2 is 1.75 bits per heavy atom. The van der Waals surface area contributed by atoms with Crippen molar-refractivity contribution in [1.82, 2.24) is 16.0 Å². The molecule has 0 aliphatic carbocycles. The van der Waals surface area contributed by atoms with Crippen molar-refractivity contribution in [2.45, 2.75) is 54.0 Å². The van der Waals surface area contributed by atoms with Gasteiger partial charge >= 0.3 is 6.18 Å². The molecule has 3 unspecified atom stereocenters. The van der Waals surface area contributed by atoms with Crippen LogP contribution >= 0.6 is 0 Å². The first-order valence-electron chi connectivity index (χ1n) is 13.1. The van der Waals surface area contributed by atoms with Gasteiger partial charge in [0.1, 0.15) is 17.3 Å². The SMILES string of the molecule is O=C(NCc1ccc(S(=O)(=O)c2cc(C(F)(F)F)ccc2OCc2ccccc2)cc1)C1CC2CNCCC2N1. The monoisotopic (exact) mass is 573 g/mol. The number of halogens is 3. The van der Waals surface area contributed by atoms with Gasteiger partial charge in [-0.2, -0.15) is 13.2 Å². The number of ether oxygens (including phenoxy) is 1. The molecule has 5 rings (SSSR count). The van der Waals surface area contributed by atoms with Gasteiger partial charge in [0.2, 0.25) is 15.7 Å². The molecular formula is C29H30F3N3O4S. The molecule has 40 heavy (non-hydrogen) atoms. The van der Waals surface area contributed by atoms with E-state index in [9.17, 15) is 26.4 Å². The summed E-state index contributed by atoms with van der Waals surface area (Å²) in [5.74, 6) is 0.134. The number of amides is 1. The normalized spacial score (nSPS) is 21.0. The van der Waals surface area contributed by atoms with Gasteiger partial charge in [-0.05, 0) is 73.3 Å². The van der Waals surface area contributed by atoms with E-state index in [2.05, 4.69) is 16.0 Å². The van der Waals surface area contributed by atoms with Crippen LogP contribution in [0.25, 0.3) is 0 Å². The molecule has 2 aliphatic heterocycles. The summed E-state index contributed by atoms with van der Waals surface area (Å²) < 4.78 is 73.0. The van der Waals surface area contributed by atoms with Gasteiger partial charge in [0.05, 0.1) is 16.5 Å². The Labute approximate surface area is 231 Å². The summed E-state index contributed by atoms with van der Waals surface area (Å²) in [6, 6.07) is 17.1. The van der Waals surface area contributed by atoms with Gasteiger partial charge in [0.25, 0.3) is 0 Å². The van der Waals surface area contributed by atoms with Crippen molar-refractivity contribution in [3.05, 3.63) is 89.5 Å². The second kappa shape index (κ2) is 11.6. The maximum atomic E-state index is 13.5. The lowest BCUT2D eigenvalue weighted by molar-refractivity contribution is -0.137. The third-order valence-electron chi connectivity index (χ3n) is 7.38. The van der Waals surface area contributed by atoms with E-state index in [4.69, 9.17) is 4.74 Å². The molecule has 11 heteroatoms. The van der Waals surface area contributed by atoms with Gasteiger partial charge < -0.3 is 20.7 Å². The number of benzene rings is 3. The Hall–Kier alpha value is -3.41. The first kappa shape index (κ1) is 28.1. The van der Waals surface area contributed by atoms with Crippen LogP contribution in [0.1, 0.15) is 29.5 Å². The van der Waals surface area contributed by atoms with Gasteiger partial charge in [0.15, 0.2) is 0 Å². The molecule has 0 spiro atoms. The standard InChI is InChI=1S/C29H30F3N3O4S/c30-29(31,32)22-8-11-26(39-18-20-4-2-1-3-5-20)27(15-22)40(37,38)23-9-6-19(7-10-23)16-34-28(36)25-14-21-17-33-13-12-24(21)35-25/h1-11,15,21,24-25,33,35H,12-14,16-18H2,(H,34,36). The molecule has 2 aliphatic rings. The maximum absolute atomic E-state index is 13.5. The highest BCUT2D eigenvalue weighted by Crippen LogP contribution is 2.37. The smallest absolute Gasteiger partial charge is 0.416 e. The van der Waals surface area contributed by atoms with Gasteiger partial charge in [0, 0.05) is 12.6 Å². The van der Waals surface area contributed by atoms with Crippen LogP contribution in [0, 0.1) is 5.92 Å². The summed E-state index contributed by atoms with van der Waals surface area (Å²) in [4.78, 5) is 11.9. The first-order valence-corrected chi connectivity index (χ1v) is 14.6. The molecule has 3 atom stereocenters. The molecular weight excluding hydrogens is 543 g/mol. The molecule has 0 aromatic heterocycles. The molecule has 212 valence electrons. The highest BCUT2D eigenvalue weighted by atomic mass is 32.2. The van der Waals surface area contributed by atoms with Crippen molar-refractivity contribution in [1.29, 1.82) is 0 Å². The number of fused-ring (bicyclic) bond motifs is 1. The lowest BCUT2D eigenvalue weighted by atomic mass is 9.94. The van der Waals surface area contributed by atoms with E-state index in [1.54, 1.807) is 24.3 Å². The number of piperidine rings is 1. The van der Waals surface area contributed by atoms with Gasteiger partial charge in [-0.25, -0.2) is 8.42 Å². The van der Waals surface area contributed by atoms with E-state index < -0.39 is 26.5 Å². The van der Waals surface area contributed by atoms with Gasteiger partial charge in [-0.15, -0.1) is 0 Å². The van der Waals surface area contributed by atoms with Crippen molar-refractivity contribution < 1.29 is 31.1 Å². The zero-order chi connectivity index (χ0) is 28.3. The summed E-state index contributed by atoms with van der Waals surface area (Å²) in [7, 11) is -4.36. The molecule has 1 amide bonds. The van der Waals surface area contributed by atoms with Crippen LogP contribution < -0.4 is 20.7 Å². The molecule has 7 nitrogen and oxygen atoms in total. The average molecular weight is 574 g/mol. The quantitative estimate of drug-likeness (QED) is 0.376. The van der Waals surface area contributed by atoms with Gasteiger partial charge in [-0.1, -0.05) is 42.5 Å². The zero-order valence-corrected chi connectivity index (χ0v) is 22.4. The lowest BCUT2D eigenvalue weighted by Gasteiger charge is -2.25. The fraction of sp³-hybridized carbons (Fsp3) is 0.345. The van der Waals surface area contributed by atoms with E-state index in [0.717, 1.165) is 43.6 Å². The molecule has 0 bridgehead atoms. The molecule has 0 radical (unpaired) electrons. The predicted molar refractivity (Wildman–Crippen MR) is 142 cm³/mol. The minimum atomic E-state index is -4.73. The Balaban J connectivity index is 1.30. The average Bonchev–Trinajstić information content (AvgIpc) is 3.40. The van der Waals surface area contributed by atoms with Crippen LogP contribution in [0.5, 0.6) is 5.75 Å². The number of rotatable bonds is 8. The van der Waals surface area contributed by atoms with Crippen LogP contribution in [-0.4, -0.2) is 39.5 Å². The second-order valence-corrected chi connectivity index (χ2v) is 12.0. The van der Waals surface area contributed by atoms with Crippen LogP contribution in [0.2, 0.25) is 0 Å². The summed E-state index contributed by atoms with van der Waals surface area (Å²) in [5, 5.41) is 9.63. The Morgan fingerprint density at radius 3 is 2.45 bits per heavy atom. The zero-order valence-electron chi connectivity index (χ0n) is 21.6. The third kappa shape index (κ3) is 6.32. The van der Waals surface area contributed by atoms with Crippen LogP contribution in [-0.2, 0) is 34.0 Å². The van der Waals surface area contributed by atoms with Crippen molar-refractivity contribution in [2.24, 2.45) is 5.92 Å². The fourth-order valence-electron chi connectivity index (χ4n) is 5.18. The summed E-state index contributed by atoms with van der Waals surface area (Å²) in [6.45, 7) is 2.00. The summed E-state index contributed by atoms with van der Waals surface area (Å²) >= 11 is 0. The summed E-state index contributed by atoms with van der Waals surface area (Å²) in [6.07, 6.45) is -2.99. The largest absolute Gasteiger partial charge is 0.488 e. The molecule has 2 heterocycles. The van der Waals surface area contributed by atoms with E-state index in [1.807, 2.05) is 6.07 Å². The minimum absolute atomic E-state index is 0.0127. The molecule has 3 aromatic carbocycles. The highest BCUT2D eigenvalue weighted by molar-refractivity contribution is 7.91. The number of carbonyl (C=O) groups excluding carboxylic acids is 1. The minimum Gasteiger partial charge on any atom is -0.488 e. The Kier molecular flexibility index (Phi) is 8.16. The second-order valence-electron chi connectivity index (χ2n) is 10.1. The first-order chi connectivity index (χ1) is 19.1. The summed E-state index contributed by atoms with van der Waals surface area (Å²) in [5.41, 5.74) is 0.308. The van der Waals surface area contributed by atoms with E-state index in [0.29, 0.717) is 23.6 Å². The number of carbonyl (C=O) groups is 1. The molecule has 2 fully saturated rings. The topological polar surface area (TPSA) is 96.5 Å². The van der Waals surface area contributed by atoms with Crippen molar-refractivity contribution in [3.63, 3.8) is 0 Å². The van der Waals surface area contributed by atoms with Crippen molar-refractivity contribution in [3.8, 4) is 5.75 Å². The number of hydrogen-bond donors (Lipinski definition) is 3. The predicted octanol–water partition coefficient (Wildman–Crippen LogP) is 4.07. The molecule has 2 saturated heterocycles. The van der Waals surface area contributed by atoms with Crippen LogP contribution in [0.4, 0.5) is 13.2 Å². The van der Waals surface area contributed by atoms with Crippen molar-refractivity contribution in [2.75, 3.05) is 13.1 Å². The lowest BCUT2D eigenvalue weighted by Crippen LogP contribution is -2.45. The Morgan fingerprint density at radius 1 is 1.00 bits per heavy atom. The number of sulfone groups is 1. The van der Waals surface area contributed by atoms with E-state index >= 15 is 0 Å². The van der Waals surface area contributed by atoms with E-state index in [1.165, 1.54) is 24.3 Å². The number of alkyl halides is 3. The number of hydrogen-bond acceptors (Lipinski definition) is 6. The van der Waals surface area contributed by atoms with Crippen LogP contribution in [0.3, 0.4) is 0 Å². The van der Waals surface area contributed by atoms with Crippen LogP contribution in [0.15, 0.2) is 82.6 Å². The molecule has 3 aromatic rings. The van der Waals surface area contributed by atoms with E-state index in [-0.39, 0.29) is 35.7 Å².